The Morgan fingerprint density at radius 3 is 2.44 bits per heavy atom. The maximum Gasteiger partial charge on any atom is 0.149 e. The molecule has 0 N–H and O–H groups in total. The van der Waals surface area contributed by atoms with Crippen molar-refractivity contribution in [2.24, 2.45) is 0 Å². The van der Waals surface area contributed by atoms with E-state index >= 15 is 0 Å². The Bertz CT molecular complexity index is 468. The van der Waals surface area contributed by atoms with E-state index in [1.807, 2.05) is 6.92 Å². The van der Waals surface area contributed by atoms with Crippen LogP contribution in [0.1, 0.15) is 18.2 Å². The monoisotopic (exact) mass is 284 g/mol. The number of hydrogen-bond acceptors (Lipinski definition) is 3. The lowest BCUT2D eigenvalue weighted by atomic mass is 10.2. The van der Waals surface area contributed by atoms with Gasteiger partial charge in [-0.15, -0.1) is 11.6 Å². The minimum atomic E-state index is -3.01. The molecule has 7 heteroatoms. The fraction of sp³-hybridized carbons (Fsp3) is 0.667. The Morgan fingerprint density at radius 2 is 2.06 bits per heavy atom. The molecular formula is C9H14Cl2N2O2S. The Labute approximate surface area is 105 Å². The van der Waals surface area contributed by atoms with Gasteiger partial charge >= 0.3 is 0 Å². The molecule has 0 unspecified atom stereocenters. The van der Waals surface area contributed by atoms with Crippen molar-refractivity contribution in [3.63, 3.8) is 0 Å². The van der Waals surface area contributed by atoms with Gasteiger partial charge in [-0.25, -0.2) is 8.42 Å². The van der Waals surface area contributed by atoms with Crippen molar-refractivity contribution in [1.82, 2.24) is 9.78 Å². The fourth-order valence-corrected chi connectivity index (χ4v) is 2.49. The van der Waals surface area contributed by atoms with Gasteiger partial charge in [0, 0.05) is 11.8 Å². The average molecular weight is 285 g/mol. The average Bonchev–Trinajstić information content (AvgIpc) is 2.50. The van der Waals surface area contributed by atoms with Gasteiger partial charge < -0.3 is 0 Å². The smallest absolute Gasteiger partial charge is 0.149 e. The van der Waals surface area contributed by atoms with Gasteiger partial charge in [0.05, 0.1) is 23.9 Å². The van der Waals surface area contributed by atoms with E-state index in [2.05, 4.69) is 5.10 Å². The van der Waals surface area contributed by atoms with Crippen molar-refractivity contribution in [1.29, 1.82) is 0 Å². The summed E-state index contributed by atoms with van der Waals surface area (Å²) in [7, 11) is -3.01. The van der Waals surface area contributed by atoms with Crippen LogP contribution in [0.2, 0.25) is 5.15 Å². The Hall–Kier alpha value is -0.260. The van der Waals surface area contributed by atoms with E-state index in [0.29, 0.717) is 11.0 Å². The highest BCUT2D eigenvalue weighted by molar-refractivity contribution is 7.90. The van der Waals surface area contributed by atoms with Gasteiger partial charge in [-0.05, 0) is 6.42 Å². The van der Waals surface area contributed by atoms with Gasteiger partial charge in [0.15, 0.2) is 0 Å². The first-order valence-corrected chi connectivity index (χ1v) is 7.84. The SMILES string of the molecule is CCc1nn(CCS(C)(=O)=O)c(Cl)c1CCl. The zero-order valence-corrected chi connectivity index (χ0v) is 11.5. The maximum absolute atomic E-state index is 11.0. The number of rotatable bonds is 5. The highest BCUT2D eigenvalue weighted by Crippen LogP contribution is 2.22. The molecule has 0 spiro atoms. The molecule has 0 saturated carbocycles. The molecule has 0 radical (unpaired) electrons. The Kier molecular flexibility index (Phi) is 4.64. The minimum absolute atomic E-state index is 0.0271. The van der Waals surface area contributed by atoms with Crippen LogP contribution in [0.3, 0.4) is 0 Å². The summed E-state index contributed by atoms with van der Waals surface area (Å²) in [5.74, 6) is 0.320. The second kappa shape index (κ2) is 5.38. The van der Waals surface area contributed by atoms with Crippen LogP contribution >= 0.6 is 23.2 Å². The molecule has 1 rings (SSSR count). The number of aryl methyl sites for hydroxylation is 2. The van der Waals surface area contributed by atoms with Gasteiger partial charge in [-0.1, -0.05) is 18.5 Å². The van der Waals surface area contributed by atoms with E-state index in [-0.39, 0.29) is 12.3 Å². The first-order chi connectivity index (χ1) is 7.39. The third-order valence-electron chi connectivity index (χ3n) is 2.21. The first kappa shape index (κ1) is 13.8. The lowest BCUT2D eigenvalue weighted by Gasteiger charge is -2.01. The molecule has 92 valence electrons. The lowest BCUT2D eigenvalue weighted by Crippen LogP contribution is -2.12. The summed E-state index contributed by atoms with van der Waals surface area (Å²) in [5.41, 5.74) is 1.62. The molecular weight excluding hydrogens is 271 g/mol. The van der Waals surface area contributed by atoms with Crippen LogP contribution in [-0.2, 0) is 28.7 Å². The fourth-order valence-electron chi connectivity index (χ4n) is 1.34. The Balaban J connectivity index is 2.93. The minimum Gasteiger partial charge on any atom is -0.252 e. The van der Waals surface area contributed by atoms with E-state index in [9.17, 15) is 8.42 Å². The number of aromatic nitrogens is 2. The van der Waals surface area contributed by atoms with Crippen LogP contribution in [0.25, 0.3) is 0 Å². The van der Waals surface area contributed by atoms with Gasteiger partial charge in [0.1, 0.15) is 15.0 Å². The largest absolute Gasteiger partial charge is 0.252 e. The van der Waals surface area contributed by atoms with Gasteiger partial charge in [-0.2, -0.15) is 5.10 Å². The maximum atomic E-state index is 11.0. The molecule has 0 aromatic carbocycles. The summed E-state index contributed by atoms with van der Waals surface area (Å²) < 4.78 is 23.6. The number of nitrogens with zero attached hydrogens (tertiary/aromatic N) is 2. The molecule has 1 heterocycles. The van der Waals surface area contributed by atoms with Crippen molar-refractivity contribution >= 4 is 33.0 Å². The summed E-state index contributed by atoms with van der Waals surface area (Å²) >= 11 is 11.8. The Morgan fingerprint density at radius 1 is 1.44 bits per heavy atom. The van der Waals surface area contributed by atoms with Crippen molar-refractivity contribution in [2.45, 2.75) is 25.8 Å². The quantitative estimate of drug-likeness (QED) is 0.776. The molecule has 0 bridgehead atoms. The molecule has 0 saturated heterocycles. The first-order valence-electron chi connectivity index (χ1n) is 4.86. The number of hydrogen-bond donors (Lipinski definition) is 0. The number of halogens is 2. The third-order valence-corrected chi connectivity index (χ3v) is 3.82. The van der Waals surface area contributed by atoms with Crippen LogP contribution in [-0.4, -0.2) is 30.2 Å². The number of alkyl halides is 1. The molecule has 0 amide bonds. The van der Waals surface area contributed by atoms with Crippen LogP contribution in [0, 0.1) is 0 Å². The van der Waals surface area contributed by atoms with E-state index in [4.69, 9.17) is 23.2 Å². The predicted molar refractivity (Wildman–Crippen MR) is 65.9 cm³/mol. The van der Waals surface area contributed by atoms with E-state index in [0.717, 1.165) is 17.7 Å². The number of sulfone groups is 1. The van der Waals surface area contributed by atoms with Gasteiger partial charge in [0.2, 0.25) is 0 Å². The summed E-state index contributed by atoms with van der Waals surface area (Å²) in [6.45, 7) is 2.22. The zero-order chi connectivity index (χ0) is 12.3. The molecule has 16 heavy (non-hydrogen) atoms. The second-order valence-corrected chi connectivity index (χ2v) is 6.44. The van der Waals surface area contributed by atoms with E-state index < -0.39 is 9.84 Å². The highest BCUT2D eigenvalue weighted by atomic mass is 35.5. The summed E-state index contributed by atoms with van der Waals surface area (Å²) in [6, 6.07) is 0. The van der Waals surface area contributed by atoms with Crippen molar-refractivity contribution in [3.8, 4) is 0 Å². The van der Waals surface area contributed by atoms with Crippen LogP contribution < -0.4 is 0 Å². The third kappa shape index (κ3) is 3.37. The molecule has 4 nitrogen and oxygen atoms in total. The second-order valence-electron chi connectivity index (χ2n) is 3.56. The molecule has 0 aliphatic heterocycles. The predicted octanol–water partition coefficient (Wildman–Crippen LogP) is 1.88. The highest BCUT2D eigenvalue weighted by Gasteiger charge is 2.15. The molecule has 1 aromatic heterocycles. The van der Waals surface area contributed by atoms with Crippen LogP contribution in [0.15, 0.2) is 0 Å². The van der Waals surface area contributed by atoms with Gasteiger partial charge in [-0.3, -0.25) is 4.68 Å². The van der Waals surface area contributed by atoms with Crippen molar-refractivity contribution in [2.75, 3.05) is 12.0 Å². The molecule has 0 atom stereocenters. The van der Waals surface area contributed by atoms with Crippen LogP contribution in [0.4, 0.5) is 0 Å². The summed E-state index contributed by atoms with van der Waals surface area (Å²) in [5, 5.41) is 4.68. The zero-order valence-electron chi connectivity index (χ0n) is 9.20. The topological polar surface area (TPSA) is 52.0 Å². The van der Waals surface area contributed by atoms with Crippen molar-refractivity contribution in [3.05, 3.63) is 16.4 Å². The lowest BCUT2D eigenvalue weighted by molar-refractivity contribution is 0.584. The van der Waals surface area contributed by atoms with Crippen LogP contribution in [0.5, 0.6) is 0 Å². The summed E-state index contributed by atoms with van der Waals surface area (Å²) in [6.07, 6.45) is 1.92. The molecule has 1 aromatic rings. The standard InChI is InChI=1S/C9H14Cl2N2O2S/c1-3-8-7(6-10)9(11)13(12-8)4-5-16(2,14)15/h3-6H2,1-2H3. The van der Waals surface area contributed by atoms with Gasteiger partial charge in [0.25, 0.3) is 0 Å². The van der Waals surface area contributed by atoms with E-state index in [1.54, 1.807) is 0 Å². The molecule has 0 aliphatic carbocycles. The van der Waals surface area contributed by atoms with Crippen molar-refractivity contribution < 1.29 is 8.42 Å². The normalized spacial score (nSPS) is 12.0. The molecule has 0 aliphatic rings. The van der Waals surface area contributed by atoms with E-state index in [1.165, 1.54) is 10.9 Å². The molecule has 0 fully saturated rings. The summed E-state index contributed by atoms with van der Waals surface area (Å²) in [4.78, 5) is 0.